The summed E-state index contributed by atoms with van der Waals surface area (Å²) in [5, 5.41) is 37.8. The predicted molar refractivity (Wildman–Crippen MR) is 249 cm³/mol. The second-order valence-corrected chi connectivity index (χ2v) is 18.3. The molecule has 1 saturated heterocycles. The van der Waals surface area contributed by atoms with Crippen LogP contribution in [0.2, 0.25) is 0 Å². The lowest BCUT2D eigenvalue weighted by molar-refractivity contribution is -0.157. The van der Waals surface area contributed by atoms with Gasteiger partial charge in [-0.15, -0.1) is 0 Å². The molecule has 354 valence electrons. The summed E-state index contributed by atoms with van der Waals surface area (Å²) in [7, 11) is 1.50. The molecule has 16 nitrogen and oxygen atoms in total. The minimum Gasteiger partial charge on any atom is -0.507 e. The number of anilines is 1. The highest BCUT2D eigenvalue weighted by molar-refractivity contribution is 6.16. The van der Waals surface area contributed by atoms with Gasteiger partial charge >= 0.3 is 11.8 Å². The fourth-order valence-corrected chi connectivity index (χ4v) is 9.46. The zero-order chi connectivity index (χ0) is 47.9. The van der Waals surface area contributed by atoms with Crippen molar-refractivity contribution in [2.24, 2.45) is 29.6 Å². The minimum atomic E-state index is -1.95. The van der Waals surface area contributed by atoms with Crippen LogP contribution in [-0.4, -0.2) is 94.5 Å². The lowest BCUT2D eigenvalue weighted by Crippen LogP contribution is -2.43. The second kappa shape index (κ2) is 19.1. The van der Waals surface area contributed by atoms with Gasteiger partial charge in [-0.1, -0.05) is 52.8 Å². The van der Waals surface area contributed by atoms with E-state index in [9.17, 15) is 34.5 Å². The van der Waals surface area contributed by atoms with Crippen molar-refractivity contribution in [3.63, 3.8) is 0 Å². The first kappa shape index (κ1) is 48.0. The van der Waals surface area contributed by atoms with E-state index in [0.29, 0.717) is 13.2 Å². The van der Waals surface area contributed by atoms with Gasteiger partial charge in [-0.3, -0.25) is 24.1 Å². The van der Waals surface area contributed by atoms with E-state index in [0.717, 1.165) is 25.9 Å². The fraction of sp³-hybridized carbons (Fsp3) is 0.500. The normalized spacial score (nSPS) is 29.7. The lowest BCUT2D eigenvalue weighted by atomic mass is 9.73. The molecule has 3 aromatic carbocycles. The number of ether oxygens (including phenoxy) is 5. The standard InChI is InChI=1S/C50H61N3O13/c1-24-14-13-15-25(2)49(60)52-41-44(58)37-36(40-47(41)65-35-23-32(22-33(55)39(35)51-40)62-21-19-53-17-11-12-18-53)38-46(30(7)43(37)57)66-50(9,48(38)59)63-20-16-34(61-10)29(6)45(64-31(8)54)28(5)26(3)27(4)42(24)56/h13-16,20,22-24,26-29,34,42,45,56-57,59H,11-12,17-19,21H2,1-10H3,(H,52,60)/b14-13+,20-16+,25-15-/t24-,26+,27-,28+,29+,34-,42-,45-,50-/m0/s1. The number of methoxy groups -OCH3 is 1. The number of aliphatic hydroxyl groups is 2. The van der Waals surface area contributed by atoms with Crippen LogP contribution in [0.4, 0.5) is 5.69 Å². The number of phenols is 1. The Labute approximate surface area is 382 Å². The number of amides is 1. The Hall–Kier alpha value is -5.97. The molecule has 3 aliphatic rings. The monoisotopic (exact) mass is 911 g/mol. The Morgan fingerprint density at radius 1 is 0.970 bits per heavy atom. The average Bonchev–Trinajstić information content (AvgIpc) is 3.90. The molecule has 0 radical (unpaired) electrons. The van der Waals surface area contributed by atoms with Crippen LogP contribution < -0.4 is 30.9 Å². The van der Waals surface area contributed by atoms with Crippen LogP contribution in [0, 0.1) is 36.5 Å². The first-order valence-electron chi connectivity index (χ1n) is 22.6. The van der Waals surface area contributed by atoms with Gasteiger partial charge in [-0.05, 0) is 63.6 Å². The third-order valence-electron chi connectivity index (χ3n) is 13.9. The number of phenolic OH excluding ortho intramolecular Hbond substituents is 1. The average molecular weight is 912 g/mol. The van der Waals surface area contributed by atoms with Gasteiger partial charge in [0, 0.05) is 68.0 Å². The van der Waals surface area contributed by atoms with Crippen molar-refractivity contribution < 1.29 is 53.0 Å². The highest BCUT2D eigenvalue weighted by Crippen LogP contribution is 2.42. The van der Waals surface area contributed by atoms with Crippen molar-refractivity contribution in [2.45, 2.75) is 99.3 Å². The number of benzene rings is 3. The van der Waals surface area contributed by atoms with Crippen LogP contribution in [0.1, 0.15) is 73.8 Å². The highest BCUT2D eigenvalue weighted by Gasteiger charge is 2.44. The third-order valence-corrected chi connectivity index (χ3v) is 13.9. The molecule has 4 bridgehead atoms. The van der Waals surface area contributed by atoms with E-state index in [2.05, 4.69) is 10.2 Å². The zero-order valence-electron chi connectivity index (χ0n) is 39.2. The molecule has 4 heterocycles. The van der Waals surface area contributed by atoms with Crippen molar-refractivity contribution in [1.29, 1.82) is 0 Å². The molecule has 4 N–H and O–H groups in total. The number of likely N-dealkylation sites (tertiary alicyclic amines) is 1. The van der Waals surface area contributed by atoms with E-state index in [1.54, 1.807) is 25.2 Å². The predicted octanol–water partition coefficient (Wildman–Crippen LogP) is 6.31. The van der Waals surface area contributed by atoms with Crippen LogP contribution >= 0.6 is 0 Å². The van der Waals surface area contributed by atoms with E-state index in [1.807, 2.05) is 34.6 Å². The summed E-state index contributed by atoms with van der Waals surface area (Å²) in [5.74, 6) is -5.46. The molecule has 0 unspecified atom stereocenters. The van der Waals surface area contributed by atoms with Crippen molar-refractivity contribution in [3.8, 4) is 17.2 Å². The molecule has 0 spiro atoms. The number of allylic oxidation sites excluding steroid dienone is 2. The Kier molecular flexibility index (Phi) is 13.9. The van der Waals surface area contributed by atoms with Gasteiger partial charge in [0.15, 0.2) is 22.4 Å². The third kappa shape index (κ3) is 8.97. The molecule has 66 heavy (non-hydrogen) atoms. The number of nitrogens with one attached hydrogen (secondary N) is 1. The molecule has 1 amide bonds. The van der Waals surface area contributed by atoms with Crippen molar-refractivity contribution in [3.05, 3.63) is 79.5 Å². The van der Waals surface area contributed by atoms with Crippen molar-refractivity contribution in [2.75, 3.05) is 38.7 Å². The van der Waals surface area contributed by atoms with Crippen LogP contribution in [0.5, 0.6) is 17.2 Å². The second-order valence-electron chi connectivity index (χ2n) is 18.3. The van der Waals surface area contributed by atoms with E-state index in [-0.39, 0.29) is 90.2 Å². The summed E-state index contributed by atoms with van der Waals surface area (Å²) in [6.07, 6.45) is 7.89. The number of rotatable bonds is 6. The number of fused-ring (bicyclic) bond motifs is 2. The minimum absolute atomic E-state index is 0.0344. The Morgan fingerprint density at radius 2 is 1.68 bits per heavy atom. The maximum absolute atomic E-state index is 14.8. The number of carbonyl (C=O) groups excluding carboxylic acids is 2. The summed E-state index contributed by atoms with van der Waals surface area (Å²) in [5.41, 5.74) is -2.13. The number of esters is 1. The summed E-state index contributed by atoms with van der Waals surface area (Å²) in [6.45, 7) is 18.4. The van der Waals surface area contributed by atoms with E-state index in [1.165, 1.54) is 52.4 Å². The quantitative estimate of drug-likeness (QED) is 0.0947. The molecule has 1 fully saturated rings. The first-order valence-corrected chi connectivity index (χ1v) is 22.6. The van der Waals surface area contributed by atoms with Crippen LogP contribution in [0.25, 0.3) is 38.7 Å². The van der Waals surface area contributed by atoms with Gasteiger partial charge in [-0.2, -0.15) is 0 Å². The largest absolute Gasteiger partial charge is 0.507 e. The van der Waals surface area contributed by atoms with Crippen molar-refractivity contribution in [1.82, 2.24) is 9.88 Å². The fourth-order valence-electron chi connectivity index (χ4n) is 9.46. The molecule has 9 atom stereocenters. The number of aliphatic hydroxyl groups excluding tert-OH is 2. The number of hydrogen-bond donors (Lipinski definition) is 4. The van der Waals surface area contributed by atoms with E-state index < -0.39 is 64.3 Å². The van der Waals surface area contributed by atoms with Gasteiger partial charge in [0.25, 0.3) is 5.91 Å². The SMILES string of the molecule is CO[C@H]1/C=C/O[C@@]2(C)Oc3c(C)c(O)c4c(=O)c(c5oc6cc(OCCN7CCCC7)cc(=O)c6nc5c4c3=C2O)NC(=O)/C(C)=C\C=C\[C@H](C)[C@H](O)[C@@H](C)[C@@H](C)[C@@H](C)[C@H](OC(C)=O)[C@@H]1C. The molecule has 0 saturated carbocycles. The molecular weight excluding hydrogens is 851 g/mol. The number of carbonyl (C=O) groups is 2. The van der Waals surface area contributed by atoms with Gasteiger partial charge in [0.05, 0.1) is 29.1 Å². The number of aromatic nitrogens is 1. The summed E-state index contributed by atoms with van der Waals surface area (Å²) in [6, 6.07) is 2.78. The van der Waals surface area contributed by atoms with Gasteiger partial charge in [0.1, 0.15) is 41.2 Å². The molecule has 4 aromatic rings. The molecule has 7 rings (SSSR count). The lowest BCUT2D eigenvalue weighted by Gasteiger charge is -2.39. The van der Waals surface area contributed by atoms with Gasteiger partial charge in [0.2, 0.25) is 10.9 Å². The summed E-state index contributed by atoms with van der Waals surface area (Å²) in [4.78, 5) is 62.1. The zero-order valence-corrected chi connectivity index (χ0v) is 39.2. The smallest absolute Gasteiger partial charge is 0.307 e. The van der Waals surface area contributed by atoms with E-state index in [4.69, 9.17) is 33.1 Å². The molecule has 0 aliphatic carbocycles. The first-order chi connectivity index (χ1) is 31.3. The maximum Gasteiger partial charge on any atom is 0.307 e. The van der Waals surface area contributed by atoms with Crippen LogP contribution in [-0.2, 0) is 23.8 Å². The molecule has 3 aliphatic heterocycles. The molecule has 16 heteroatoms. The summed E-state index contributed by atoms with van der Waals surface area (Å²) >= 11 is 0. The molecular formula is C50H61N3O13. The Balaban J connectivity index is 1.44. The Bertz CT molecular complexity index is 2830. The summed E-state index contributed by atoms with van der Waals surface area (Å²) < 4.78 is 36.6. The van der Waals surface area contributed by atoms with Crippen molar-refractivity contribution >= 4 is 56.3 Å². The maximum atomic E-state index is 14.8. The van der Waals surface area contributed by atoms with Crippen LogP contribution in [0.3, 0.4) is 0 Å². The van der Waals surface area contributed by atoms with Crippen LogP contribution in [0.15, 0.2) is 62.3 Å². The van der Waals surface area contributed by atoms with Gasteiger partial charge in [-0.25, -0.2) is 4.98 Å². The number of hydrogen-bond acceptors (Lipinski definition) is 15. The Morgan fingerprint density at radius 3 is 2.36 bits per heavy atom. The van der Waals surface area contributed by atoms with E-state index >= 15 is 0 Å². The number of aromatic hydroxyl groups is 1. The number of nitrogens with zero attached hydrogens (tertiary/aromatic N) is 2. The highest BCUT2D eigenvalue weighted by atomic mass is 16.7. The topological polar surface area (TPSA) is 216 Å². The molecule has 1 aromatic heterocycles. The van der Waals surface area contributed by atoms with Gasteiger partial charge < -0.3 is 48.7 Å².